The van der Waals surface area contributed by atoms with Crippen LogP contribution in [-0.4, -0.2) is 31.2 Å². The molecule has 0 aromatic heterocycles. The van der Waals surface area contributed by atoms with Gasteiger partial charge in [-0.3, -0.25) is 4.79 Å². The molecule has 0 bridgehead atoms. The monoisotopic (exact) mass is 292 g/mol. The summed E-state index contributed by atoms with van der Waals surface area (Å²) in [6.07, 6.45) is 3.75. The number of Topliss-reactive ketones (excluding diaryl/α,β-unsaturated/α-hetero) is 1. The van der Waals surface area contributed by atoms with Crippen LogP contribution in [0.1, 0.15) is 31.2 Å². The smallest absolute Gasteiger partial charge is 0.140 e. The molecular formula is C17H21FO3. The molecule has 2 heterocycles. The number of ether oxygens (including phenoxy) is 2. The zero-order valence-electron chi connectivity index (χ0n) is 12.1. The van der Waals surface area contributed by atoms with Crippen molar-refractivity contribution in [2.45, 2.75) is 37.7 Å². The van der Waals surface area contributed by atoms with Gasteiger partial charge in [0.05, 0.1) is 5.60 Å². The quantitative estimate of drug-likeness (QED) is 0.859. The Balaban J connectivity index is 1.62. The lowest BCUT2D eigenvalue weighted by atomic mass is 9.78. The summed E-state index contributed by atoms with van der Waals surface area (Å²) >= 11 is 0. The van der Waals surface area contributed by atoms with Gasteiger partial charge in [-0.2, -0.15) is 0 Å². The summed E-state index contributed by atoms with van der Waals surface area (Å²) in [5.41, 5.74) is 0.730. The molecule has 1 aromatic rings. The van der Waals surface area contributed by atoms with Gasteiger partial charge in [-0.15, -0.1) is 0 Å². The summed E-state index contributed by atoms with van der Waals surface area (Å²) in [5.74, 6) is 0.0381. The topological polar surface area (TPSA) is 35.5 Å². The van der Waals surface area contributed by atoms with Gasteiger partial charge in [-0.25, -0.2) is 4.39 Å². The second-order valence-electron chi connectivity index (χ2n) is 6.10. The van der Waals surface area contributed by atoms with E-state index in [4.69, 9.17) is 9.47 Å². The van der Waals surface area contributed by atoms with Gasteiger partial charge < -0.3 is 9.47 Å². The van der Waals surface area contributed by atoms with E-state index in [0.717, 1.165) is 44.5 Å². The van der Waals surface area contributed by atoms with Crippen LogP contribution in [0, 0.1) is 11.7 Å². The summed E-state index contributed by atoms with van der Waals surface area (Å²) in [6.45, 7) is 2.09. The maximum atomic E-state index is 12.9. The fourth-order valence-electron chi connectivity index (χ4n) is 3.34. The van der Waals surface area contributed by atoms with Crippen molar-refractivity contribution >= 4 is 5.78 Å². The Bertz CT molecular complexity index is 486. The minimum atomic E-state index is -0.265. The normalized spacial score (nSPS) is 24.9. The molecule has 0 N–H and O–H groups in total. The number of hydrogen-bond acceptors (Lipinski definition) is 3. The minimum Gasteiger partial charge on any atom is -0.381 e. The van der Waals surface area contributed by atoms with Crippen LogP contribution in [0.4, 0.5) is 4.39 Å². The highest BCUT2D eigenvalue weighted by atomic mass is 19.1. The molecule has 2 aliphatic heterocycles. The van der Waals surface area contributed by atoms with Crippen LogP contribution in [0.5, 0.6) is 0 Å². The summed E-state index contributed by atoms with van der Waals surface area (Å²) in [7, 11) is 0. The van der Waals surface area contributed by atoms with Crippen molar-refractivity contribution in [3.8, 4) is 0 Å². The Labute approximate surface area is 124 Å². The Kier molecular flexibility index (Phi) is 4.36. The fraction of sp³-hybridized carbons (Fsp3) is 0.588. The number of halogens is 1. The minimum absolute atomic E-state index is 0.0573. The lowest BCUT2D eigenvalue weighted by Gasteiger charge is -2.43. The van der Waals surface area contributed by atoms with Gasteiger partial charge in [-0.05, 0) is 43.4 Å². The first-order valence-corrected chi connectivity index (χ1v) is 7.66. The number of ketones is 1. The van der Waals surface area contributed by atoms with E-state index in [-0.39, 0.29) is 23.1 Å². The second kappa shape index (κ2) is 6.24. The zero-order chi connectivity index (χ0) is 14.7. The Morgan fingerprint density at radius 3 is 2.62 bits per heavy atom. The Hall–Kier alpha value is -1.26. The first-order chi connectivity index (χ1) is 10.2. The molecular weight excluding hydrogens is 271 g/mol. The van der Waals surface area contributed by atoms with E-state index in [1.54, 1.807) is 12.1 Å². The van der Waals surface area contributed by atoms with E-state index >= 15 is 0 Å². The molecule has 114 valence electrons. The number of carbonyl (C=O) groups is 1. The Morgan fingerprint density at radius 1 is 1.19 bits per heavy atom. The van der Waals surface area contributed by atoms with Crippen molar-refractivity contribution in [2.24, 2.45) is 5.92 Å². The number of benzene rings is 1. The third kappa shape index (κ3) is 3.50. The van der Waals surface area contributed by atoms with Crippen LogP contribution in [-0.2, 0) is 20.7 Å². The molecule has 0 aliphatic carbocycles. The van der Waals surface area contributed by atoms with Gasteiger partial charge in [0.2, 0.25) is 0 Å². The standard InChI is InChI=1S/C17H21FO3/c18-15-3-1-13(2-4-15)11-16(19)14-5-8-21-17(12-14)6-9-20-10-7-17/h1-4,14H,5-12H2. The van der Waals surface area contributed by atoms with Crippen molar-refractivity contribution in [3.63, 3.8) is 0 Å². The van der Waals surface area contributed by atoms with E-state index in [2.05, 4.69) is 0 Å². The molecule has 4 heteroatoms. The highest BCUT2D eigenvalue weighted by Crippen LogP contribution is 2.37. The maximum Gasteiger partial charge on any atom is 0.140 e. The number of carbonyl (C=O) groups excluding carboxylic acids is 1. The highest BCUT2D eigenvalue weighted by molar-refractivity contribution is 5.83. The Morgan fingerprint density at radius 2 is 1.90 bits per heavy atom. The van der Waals surface area contributed by atoms with Crippen LogP contribution < -0.4 is 0 Å². The first-order valence-electron chi connectivity index (χ1n) is 7.66. The fourth-order valence-corrected chi connectivity index (χ4v) is 3.34. The lowest BCUT2D eigenvalue weighted by Crippen LogP contribution is -2.46. The van der Waals surface area contributed by atoms with Crippen molar-refractivity contribution in [1.29, 1.82) is 0 Å². The summed E-state index contributed by atoms with van der Waals surface area (Å²) in [4.78, 5) is 12.5. The van der Waals surface area contributed by atoms with Gasteiger partial charge in [-0.1, -0.05) is 12.1 Å². The van der Waals surface area contributed by atoms with Crippen molar-refractivity contribution in [3.05, 3.63) is 35.6 Å². The SMILES string of the molecule is O=C(Cc1ccc(F)cc1)C1CCOC2(CCOCC2)C1. The molecule has 1 aromatic carbocycles. The highest BCUT2D eigenvalue weighted by Gasteiger charge is 2.40. The second-order valence-corrected chi connectivity index (χ2v) is 6.10. The average molecular weight is 292 g/mol. The van der Waals surface area contributed by atoms with Crippen molar-refractivity contribution in [2.75, 3.05) is 19.8 Å². The van der Waals surface area contributed by atoms with E-state index in [1.807, 2.05) is 0 Å². The molecule has 21 heavy (non-hydrogen) atoms. The lowest BCUT2D eigenvalue weighted by molar-refractivity contribution is -0.156. The van der Waals surface area contributed by atoms with Crippen LogP contribution in [0.15, 0.2) is 24.3 Å². The zero-order valence-corrected chi connectivity index (χ0v) is 12.1. The number of hydrogen-bond donors (Lipinski definition) is 0. The maximum absolute atomic E-state index is 12.9. The van der Waals surface area contributed by atoms with Crippen LogP contribution >= 0.6 is 0 Å². The summed E-state index contributed by atoms with van der Waals surface area (Å²) < 4.78 is 24.3. The molecule has 1 atom stereocenters. The van der Waals surface area contributed by atoms with Gasteiger partial charge in [0.15, 0.2) is 0 Å². The van der Waals surface area contributed by atoms with Gasteiger partial charge in [0, 0.05) is 32.2 Å². The van der Waals surface area contributed by atoms with Crippen LogP contribution in [0.3, 0.4) is 0 Å². The van der Waals surface area contributed by atoms with Crippen molar-refractivity contribution in [1.82, 2.24) is 0 Å². The van der Waals surface area contributed by atoms with Gasteiger partial charge in [0.25, 0.3) is 0 Å². The van der Waals surface area contributed by atoms with E-state index < -0.39 is 0 Å². The predicted octanol–water partition coefficient (Wildman–Crippen LogP) is 2.91. The molecule has 0 saturated carbocycles. The summed E-state index contributed by atoms with van der Waals surface area (Å²) in [5, 5.41) is 0. The molecule has 2 saturated heterocycles. The molecule has 0 radical (unpaired) electrons. The number of rotatable bonds is 3. The molecule has 1 unspecified atom stereocenters. The molecule has 1 spiro atoms. The van der Waals surface area contributed by atoms with E-state index in [0.29, 0.717) is 13.0 Å². The average Bonchev–Trinajstić information content (AvgIpc) is 2.50. The third-order valence-corrected chi connectivity index (χ3v) is 4.64. The van der Waals surface area contributed by atoms with Crippen LogP contribution in [0.2, 0.25) is 0 Å². The van der Waals surface area contributed by atoms with Gasteiger partial charge >= 0.3 is 0 Å². The third-order valence-electron chi connectivity index (χ3n) is 4.64. The van der Waals surface area contributed by atoms with Crippen LogP contribution in [0.25, 0.3) is 0 Å². The molecule has 2 fully saturated rings. The molecule has 3 nitrogen and oxygen atoms in total. The van der Waals surface area contributed by atoms with Crippen molar-refractivity contribution < 1.29 is 18.7 Å². The predicted molar refractivity (Wildman–Crippen MR) is 76.6 cm³/mol. The van der Waals surface area contributed by atoms with E-state index in [9.17, 15) is 9.18 Å². The molecule has 2 aliphatic rings. The molecule has 3 rings (SSSR count). The van der Waals surface area contributed by atoms with E-state index in [1.165, 1.54) is 12.1 Å². The summed E-state index contributed by atoms with van der Waals surface area (Å²) in [6, 6.07) is 6.20. The largest absolute Gasteiger partial charge is 0.381 e. The first kappa shape index (κ1) is 14.7. The van der Waals surface area contributed by atoms with Gasteiger partial charge in [0.1, 0.15) is 11.6 Å². The molecule has 0 amide bonds.